The predicted octanol–water partition coefficient (Wildman–Crippen LogP) is 2.01. The van der Waals surface area contributed by atoms with Gasteiger partial charge in [-0.15, -0.1) is 0 Å². The maximum atomic E-state index is 5.71. The number of ether oxygens (including phenoxy) is 2. The summed E-state index contributed by atoms with van der Waals surface area (Å²) in [5.74, 6) is 0. The van der Waals surface area contributed by atoms with Crippen LogP contribution in [0.2, 0.25) is 0 Å². The second-order valence-corrected chi connectivity index (χ2v) is 4.83. The van der Waals surface area contributed by atoms with Gasteiger partial charge in [-0.1, -0.05) is 22.6 Å². The average Bonchev–Trinajstić information content (AvgIpc) is 2.50. The van der Waals surface area contributed by atoms with Gasteiger partial charge in [-0.05, 0) is 19.3 Å². The lowest BCUT2D eigenvalue weighted by atomic mass is 9.81. The van der Waals surface area contributed by atoms with Crippen LogP contribution < -0.4 is 0 Å². The quantitative estimate of drug-likeness (QED) is 0.541. The fourth-order valence-corrected chi connectivity index (χ4v) is 2.75. The molecule has 2 aliphatic rings. The van der Waals surface area contributed by atoms with E-state index in [9.17, 15) is 0 Å². The molecule has 2 nitrogen and oxygen atoms in total. The molecular formula is C9H15IO2. The average molecular weight is 282 g/mol. The largest absolute Gasteiger partial charge is 0.381 e. The van der Waals surface area contributed by atoms with Crippen LogP contribution in [0, 0.1) is 5.41 Å². The summed E-state index contributed by atoms with van der Waals surface area (Å²) < 4.78 is 12.4. The highest BCUT2D eigenvalue weighted by Gasteiger charge is 2.41. The van der Waals surface area contributed by atoms with Gasteiger partial charge in [0.15, 0.2) is 0 Å². The molecule has 0 saturated carbocycles. The number of rotatable bonds is 1. The molecule has 0 aliphatic carbocycles. The Kier molecular flexibility index (Phi) is 2.92. The van der Waals surface area contributed by atoms with Crippen LogP contribution in [0.25, 0.3) is 0 Å². The summed E-state index contributed by atoms with van der Waals surface area (Å²) in [6, 6.07) is 0. The Morgan fingerprint density at radius 1 is 1.42 bits per heavy atom. The third-order valence-corrected chi connectivity index (χ3v) is 3.84. The Labute approximate surface area is 87.1 Å². The van der Waals surface area contributed by atoms with E-state index in [0.29, 0.717) is 11.5 Å². The molecule has 0 aromatic carbocycles. The van der Waals surface area contributed by atoms with E-state index in [2.05, 4.69) is 22.6 Å². The zero-order chi connectivity index (χ0) is 8.44. The summed E-state index contributed by atoms with van der Waals surface area (Å²) in [6.45, 7) is 2.82. The van der Waals surface area contributed by atoms with E-state index < -0.39 is 0 Å². The van der Waals surface area contributed by atoms with Crippen molar-refractivity contribution in [2.75, 3.05) is 24.2 Å². The van der Waals surface area contributed by atoms with E-state index in [1.807, 2.05) is 0 Å². The van der Waals surface area contributed by atoms with Gasteiger partial charge in [-0.3, -0.25) is 0 Å². The molecule has 2 unspecified atom stereocenters. The van der Waals surface area contributed by atoms with Gasteiger partial charge in [-0.2, -0.15) is 0 Å². The standard InChI is InChI=1S/C9H15IO2/c10-5-8-4-9(7-12-8)2-1-3-11-6-9/h8H,1-7H2. The summed E-state index contributed by atoms with van der Waals surface area (Å²) in [4.78, 5) is 0. The molecule has 2 rings (SSSR count). The molecule has 0 aromatic rings. The molecule has 0 amide bonds. The van der Waals surface area contributed by atoms with Crippen molar-refractivity contribution >= 4 is 22.6 Å². The van der Waals surface area contributed by atoms with E-state index in [4.69, 9.17) is 9.47 Å². The van der Waals surface area contributed by atoms with Crippen molar-refractivity contribution in [2.45, 2.75) is 25.4 Å². The van der Waals surface area contributed by atoms with Crippen molar-refractivity contribution in [1.29, 1.82) is 0 Å². The molecule has 0 radical (unpaired) electrons. The zero-order valence-corrected chi connectivity index (χ0v) is 9.38. The first-order valence-electron chi connectivity index (χ1n) is 4.60. The topological polar surface area (TPSA) is 18.5 Å². The number of halogens is 1. The van der Waals surface area contributed by atoms with Gasteiger partial charge < -0.3 is 9.47 Å². The van der Waals surface area contributed by atoms with Gasteiger partial charge in [0.05, 0.1) is 19.3 Å². The van der Waals surface area contributed by atoms with Crippen LogP contribution in [0.1, 0.15) is 19.3 Å². The molecule has 70 valence electrons. The normalized spacial score (nSPS) is 42.2. The summed E-state index contributed by atoms with van der Waals surface area (Å²) in [5, 5.41) is 0. The Morgan fingerprint density at radius 2 is 2.33 bits per heavy atom. The van der Waals surface area contributed by atoms with Crippen LogP contribution in [0.15, 0.2) is 0 Å². The van der Waals surface area contributed by atoms with Crippen LogP contribution in [-0.2, 0) is 9.47 Å². The summed E-state index contributed by atoms with van der Waals surface area (Å²) in [6.07, 6.45) is 4.24. The van der Waals surface area contributed by atoms with Gasteiger partial charge in [0, 0.05) is 16.4 Å². The lowest BCUT2D eigenvalue weighted by molar-refractivity contribution is -0.0132. The van der Waals surface area contributed by atoms with Crippen molar-refractivity contribution in [3.05, 3.63) is 0 Å². The number of hydrogen-bond acceptors (Lipinski definition) is 2. The van der Waals surface area contributed by atoms with Gasteiger partial charge >= 0.3 is 0 Å². The highest BCUT2D eigenvalue weighted by molar-refractivity contribution is 14.1. The monoisotopic (exact) mass is 282 g/mol. The van der Waals surface area contributed by atoms with Gasteiger partial charge in [0.25, 0.3) is 0 Å². The van der Waals surface area contributed by atoms with Crippen molar-refractivity contribution in [3.63, 3.8) is 0 Å². The zero-order valence-electron chi connectivity index (χ0n) is 7.22. The lowest BCUT2D eigenvalue weighted by Gasteiger charge is -2.31. The maximum Gasteiger partial charge on any atom is 0.0671 e. The minimum Gasteiger partial charge on any atom is -0.381 e. The van der Waals surface area contributed by atoms with E-state index in [1.165, 1.54) is 19.3 Å². The third-order valence-electron chi connectivity index (χ3n) is 2.86. The summed E-state index contributed by atoms with van der Waals surface area (Å²) in [7, 11) is 0. The third kappa shape index (κ3) is 1.77. The van der Waals surface area contributed by atoms with E-state index in [-0.39, 0.29) is 0 Å². The molecule has 1 spiro atoms. The smallest absolute Gasteiger partial charge is 0.0671 e. The minimum atomic E-state index is 0.397. The van der Waals surface area contributed by atoms with Crippen molar-refractivity contribution in [2.24, 2.45) is 5.41 Å². The molecule has 12 heavy (non-hydrogen) atoms. The summed E-state index contributed by atoms with van der Waals surface area (Å²) >= 11 is 2.40. The number of alkyl halides is 1. The van der Waals surface area contributed by atoms with E-state index in [0.717, 1.165) is 24.2 Å². The van der Waals surface area contributed by atoms with Crippen molar-refractivity contribution in [1.82, 2.24) is 0 Å². The Bertz CT molecular complexity index is 155. The lowest BCUT2D eigenvalue weighted by Crippen LogP contribution is -2.32. The first-order valence-corrected chi connectivity index (χ1v) is 6.13. The van der Waals surface area contributed by atoms with Gasteiger partial charge in [0.1, 0.15) is 0 Å². The molecular weight excluding hydrogens is 267 g/mol. The van der Waals surface area contributed by atoms with Crippen LogP contribution >= 0.6 is 22.6 Å². The first-order chi connectivity index (χ1) is 5.85. The van der Waals surface area contributed by atoms with Crippen LogP contribution in [0.4, 0.5) is 0 Å². The molecule has 0 aromatic heterocycles. The molecule has 2 aliphatic heterocycles. The predicted molar refractivity (Wildman–Crippen MR) is 55.7 cm³/mol. The first kappa shape index (κ1) is 9.21. The van der Waals surface area contributed by atoms with Crippen LogP contribution in [0.3, 0.4) is 0 Å². The fourth-order valence-electron chi connectivity index (χ4n) is 2.18. The highest BCUT2D eigenvalue weighted by Crippen LogP contribution is 2.39. The molecule has 2 heterocycles. The summed E-state index contributed by atoms with van der Waals surface area (Å²) in [5.41, 5.74) is 0.397. The van der Waals surface area contributed by atoms with Gasteiger partial charge in [-0.25, -0.2) is 0 Å². The number of hydrogen-bond donors (Lipinski definition) is 0. The molecule has 0 N–H and O–H groups in total. The SMILES string of the molecule is ICC1CC2(CCCOC2)CO1. The Morgan fingerprint density at radius 3 is 2.92 bits per heavy atom. The Hall–Kier alpha value is 0.650. The van der Waals surface area contributed by atoms with E-state index >= 15 is 0 Å². The highest BCUT2D eigenvalue weighted by atomic mass is 127. The molecule has 0 bridgehead atoms. The Balaban J connectivity index is 1.94. The fraction of sp³-hybridized carbons (Fsp3) is 1.00. The molecule has 2 atom stereocenters. The molecule has 3 heteroatoms. The van der Waals surface area contributed by atoms with Crippen LogP contribution in [0.5, 0.6) is 0 Å². The minimum absolute atomic E-state index is 0.397. The second kappa shape index (κ2) is 3.80. The van der Waals surface area contributed by atoms with Gasteiger partial charge in [0.2, 0.25) is 0 Å². The molecule has 2 fully saturated rings. The van der Waals surface area contributed by atoms with Crippen LogP contribution in [-0.4, -0.2) is 30.4 Å². The molecule has 2 saturated heterocycles. The second-order valence-electron chi connectivity index (χ2n) is 3.95. The van der Waals surface area contributed by atoms with E-state index in [1.54, 1.807) is 0 Å². The maximum absolute atomic E-state index is 5.71. The van der Waals surface area contributed by atoms with Crippen molar-refractivity contribution < 1.29 is 9.47 Å². The van der Waals surface area contributed by atoms with Crippen molar-refractivity contribution in [3.8, 4) is 0 Å².